The van der Waals surface area contributed by atoms with Gasteiger partial charge < -0.3 is 14.6 Å². The molecule has 9 heteroatoms. The summed E-state index contributed by atoms with van der Waals surface area (Å²) in [5.74, 6) is 0.786. The van der Waals surface area contributed by atoms with E-state index in [0.717, 1.165) is 22.6 Å². The molecule has 9 nitrogen and oxygen atoms in total. The molecule has 0 saturated carbocycles. The minimum absolute atomic E-state index is 0.0399. The zero-order valence-corrected chi connectivity index (χ0v) is 16.8. The summed E-state index contributed by atoms with van der Waals surface area (Å²) in [7, 11) is 1.59. The van der Waals surface area contributed by atoms with Gasteiger partial charge >= 0.3 is 0 Å². The summed E-state index contributed by atoms with van der Waals surface area (Å²) in [6.45, 7) is 2.03. The van der Waals surface area contributed by atoms with Crippen molar-refractivity contribution in [1.29, 1.82) is 0 Å². The van der Waals surface area contributed by atoms with Crippen LogP contribution in [0.25, 0.3) is 11.4 Å². The number of carbonyl (C=O) groups is 2. The van der Waals surface area contributed by atoms with Crippen LogP contribution in [0.1, 0.15) is 17.9 Å². The molecule has 0 fully saturated rings. The first-order valence-electron chi connectivity index (χ1n) is 9.39. The molecular formula is C21H23N5O4. The van der Waals surface area contributed by atoms with E-state index < -0.39 is 0 Å². The van der Waals surface area contributed by atoms with E-state index in [-0.39, 0.29) is 31.2 Å². The Morgan fingerprint density at radius 1 is 1.00 bits per heavy atom. The highest BCUT2D eigenvalue weighted by atomic mass is 16.5. The van der Waals surface area contributed by atoms with Crippen LogP contribution in [0.4, 0.5) is 5.69 Å². The maximum Gasteiger partial charge on any atom is 0.257 e. The van der Waals surface area contributed by atoms with E-state index in [2.05, 4.69) is 26.3 Å². The summed E-state index contributed by atoms with van der Waals surface area (Å²) >= 11 is 0. The maximum atomic E-state index is 11.9. The highest BCUT2D eigenvalue weighted by Gasteiger charge is 2.11. The number of aromatic nitrogens is 2. The van der Waals surface area contributed by atoms with Gasteiger partial charge in [0.1, 0.15) is 5.75 Å². The van der Waals surface area contributed by atoms with Gasteiger partial charge in [-0.2, -0.15) is 4.98 Å². The van der Waals surface area contributed by atoms with Gasteiger partial charge in [0.15, 0.2) is 0 Å². The Hall–Kier alpha value is -3.88. The summed E-state index contributed by atoms with van der Waals surface area (Å²) in [6.07, 6.45) is 0.350. The fourth-order valence-corrected chi connectivity index (χ4v) is 2.53. The lowest BCUT2D eigenvalue weighted by molar-refractivity contribution is -0.128. The molecule has 1 heterocycles. The van der Waals surface area contributed by atoms with Crippen LogP contribution in [0, 0.1) is 6.92 Å². The summed E-state index contributed by atoms with van der Waals surface area (Å²) in [5, 5.41) is 6.89. The maximum absolute atomic E-state index is 11.9. The van der Waals surface area contributed by atoms with Crippen molar-refractivity contribution in [1.82, 2.24) is 21.0 Å². The lowest BCUT2D eigenvalue weighted by atomic mass is 10.2. The molecule has 0 aliphatic heterocycles. The minimum Gasteiger partial charge on any atom is -0.497 e. The molecule has 30 heavy (non-hydrogen) atoms. The Morgan fingerprint density at radius 3 is 2.40 bits per heavy atom. The van der Waals surface area contributed by atoms with Crippen LogP contribution in [0.15, 0.2) is 53.1 Å². The lowest BCUT2D eigenvalue weighted by Gasteiger charge is -2.09. The number of ether oxygens (including phenoxy) is 1. The third-order valence-corrected chi connectivity index (χ3v) is 4.23. The summed E-state index contributed by atoms with van der Waals surface area (Å²) in [6, 6.07) is 14.9. The molecule has 3 aromatic rings. The van der Waals surface area contributed by atoms with Crippen molar-refractivity contribution in [3.05, 3.63) is 60.0 Å². The SMILES string of the molecule is COc1ccc(-c2noc(CCC(=O)NNC(=O)CNc3ccc(C)cc3)n2)cc1. The molecule has 0 aliphatic carbocycles. The summed E-state index contributed by atoms with van der Waals surface area (Å²) in [4.78, 5) is 28.0. The van der Waals surface area contributed by atoms with E-state index in [1.807, 2.05) is 43.3 Å². The number of benzene rings is 2. The number of hydrazine groups is 1. The summed E-state index contributed by atoms with van der Waals surface area (Å²) in [5.41, 5.74) is 7.47. The van der Waals surface area contributed by atoms with Crippen molar-refractivity contribution < 1.29 is 18.8 Å². The zero-order chi connectivity index (χ0) is 21.3. The highest BCUT2D eigenvalue weighted by Crippen LogP contribution is 2.19. The third kappa shape index (κ3) is 6.06. The van der Waals surface area contributed by atoms with Crippen LogP contribution in [0.3, 0.4) is 0 Å². The normalized spacial score (nSPS) is 10.3. The van der Waals surface area contributed by atoms with Gasteiger partial charge in [-0.1, -0.05) is 22.9 Å². The van der Waals surface area contributed by atoms with Crippen molar-refractivity contribution in [2.24, 2.45) is 0 Å². The molecule has 2 aromatic carbocycles. The monoisotopic (exact) mass is 409 g/mol. The summed E-state index contributed by atoms with van der Waals surface area (Å²) < 4.78 is 10.3. The van der Waals surface area contributed by atoms with Crippen LogP contribution < -0.4 is 20.9 Å². The van der Waals surface area contributed by atoms with Crippen molar-refractivity contribution in [3.8, 4) is 17.1 Å². The molecule has 1 aromatic heterocycles. The second kappa shape index (κ2) is 10.1. The van der Waals surface area contributed by atoms with Crippen molar-refractivity contribution >= 4 is 17.5 Å². The number of nitrogens with zero attached hydrogens (tertiary/aromatic N) is 2. The minimum atomic E-state index is -0.358. The Kier molecular flexibility index (Phi) is 6.99. The van der Waals surface area contributed by atoms with Gasteiger partial charge in [0.05, 0.1) is 13.7 Å². The quantitative estimate of drug-likeness (QED) is 0.488. The predicted octanol–water partition coefficient (Wildman–Crippen LogP) is 2.25. The van der Waals surface area contributed by atoms with E-state index in [1.54, 1.807) is 19.2 Å². The molecule has 3 N–H and O–H groups in total. The number of hydrogen-bond acceptors (Lipinski definition) is 7. The van der Waals surface area contributed by atoms with E-state index in [1.165, 1.54) is 0 Å². The van der Waals surface area contributed by atoms with Gasteiger partial charge in [0.25, 0.3) is 5.91 Å². The number of hydrogen-bond donors (Lipinski definition) is 3. The van der Waals surface area contributed by atoms with Crippen LogP contribution in [0.2, 0.25) is 0 Å². The Balaban J connectivity index is 1.38. The van der Waals surface area contributed by atoms with Gasteiger partial charge in [-0.25, -0.2) is 0 Å². The molecule has 0 aliphatic rings. The largest absolute Gasteiger partial charge is 0.497 e. The highest BCUT2D eigenvalue weighted by molar-refractivity contribution is 5.84. The molecule has 0 radical (unpaired) electrons. The second-order valence-corrected chi connectivity index (χ2v) is 6.56. The molecule has 0 spiro atoms. The fourth-order valence-electron chi connectivity index (χ4n) is 2.53. The van der Waals surface area contributed by atoms with Crippen LogP contribution in [-0.2, 0) is 16.0 Å². The average molecular weight is 409 g/mol. The third-order valence-electron chi connectivity index (χ3n) is 4.23. The fraction of sp³-hybridized carbons (Fsp3) is 0.238. The molecule has 3 rings (SSSR count). The number of rotatable bonds is 8. The second-order valence-electron chi connectivity index (χ2n) is 6.56. The number of anilines is 1. The molecule has 0 atom stereocenters. The van der Waals surface area contributed by atoms with Gasteiger partial charge in [0.2, 0.25) is 17.6 Å². The topological polar surface area (TPSA) is 118 Å². The number of carbonyl (C=O) groups excluding carboxylic acids is 2. The Morgan fingerprint density at radius 2 is 1.70 bits per heavy atom. The first kappa shape index (κ1) is 20.8. The van der Waals surface area contributed by atoms with Gasteiger partial charge in [-0.3, -0.25) is 20.4 Å². The predicted molar refractivity (Wildman–Crippen MR) is 111 cm³/mol. The standard InChI is InChI=1S/C21H23N5O4/c1-14-3-7-16(8-4-14)22-13-19(28)25-24-18(27)11-12-20-23-21(26-30-20)15-5-9-17(29-2)10-6-15/h3-10,22H,11-13H2,1-2H3,(H,24,27)(H,25,28). The molecule has 0 unspecified atom stereocenters. The van der Waals surface area contributed by atoms with E-state index in [4.69, 9.17) is 9.26 Å². The van der Waals surface area contributed by atoms with Gasteiger partial charge in [0, 0.05) is 24.1 Å². The molecule has 2 amide bonds. The molecule has 0 bridgehead atoms. The number of methoxy groups -OCH3 is 1. The van der Waals surface area contributed by atoms with Crippen molar-refractivity contribution in [3.63, 3.8) is 0 Å². The lowest BCUT2D eigenvalue weighted by Crippen LogP contribution is -2.44. The first-order valence-corrected chi connectivity index (χ1v) is 9.39. The number of aryl methyl sites for hydroxylation is 2. The smallest absolute Gasteiger partial charge is 0.257 e. The number of amides is 2. The molecular weight excluding hydrogens is 386 g/mol. The van der Waals surface area contributed by atoms with Crippen LogP contribution in [-0.4, -0.2) is 35.6 Å². The Labute approximate surface area is 173 Å². The van der Waals surface area contributed by atoms with Crippen molar-refractivity contribution in [2.45, 2.75) is 19.8 Å². The Bertz CT molecular complexity index is 983. The van der Waals surface area contributed by atoms with E-state index in [0.29, 0.717) is 11.7 Å². The zero-order valence-electron chi connectivity index (χ0n) is 16.8. The van der Waals surface area contributed by atoms with Crippen molar-refractivity contribution in [2.75, 3.05) is 19.0 Å². The van der Waals surface area contributed by atoms with Gasteiger partial charge in [-0.05, 0) is 43.3 Å². The first-order chi connectivity index (χ1) is 14.5. The molecule has 156 valence electrons. The van der Waals surface area contributed by atoms with E-state index in [9.17, 15) is 9.59 Å². The van der Waals surface area contributed by atoms with Crippen LogP contribution in [0.5, 0.6) is 5.75 Å². The van der Waals surface area contributed by atoms with Gasteiger partial charge in [-0.15, -0.1) is 0 Å². The van der Waals surface area contributed by atoms with E-state index >= 15 is 0 Å². The van der Waals surface area contributed by atoms with Crippen LogP contribution >= 0.6 is 0 Å². The average Bonchev–Trinajstić information content (AvgIpc) is 3.25. The molecule has 0 saturated heterocycles. The number of nitrogens with one attached hydrogen (secondary N) is 3.